The number of unbranched alkanes of at least 4 members (excludes halogenated alkanes) is 6. The van der Waals surface area contributed by atoms with E-state index in [1.54, 1.807) is 0 Å². The van der Waals surface area contributed by atoms with Gasteiger partial charge in [-0.2, -0.15) is 0 Å². The van der Waals surface area contributed by atoms with Crippen LogP contribution in [0.1, 0.15) is 98.3 Å². The van der Waals surface area contributed by atoms with E-state index in [-0.39, 0.29) is 5.54 Å². The third-order valence-electron chi connectivity index (χ3n) is 5.42. The topological polar surface area (TPSA) is 55.3 Å². The van der Waals surface area contributed by atoms with Crippen LogP contribution in [0.25, 0.3) is 0 Å². The predicted molar refractivity (Wildman–Crippen MR) is 105 cm³/mol. The second kappa shape index (κ2) is 14.2. The van der Waals surface area contributed by atoms with Gasteiger partial charge in [-0.15, -0.1) is 0 Å². The molecule has 0 aromatic rings. The van der Waals surface area contributed by atoms with Crippen molar-refractivity contribution in [3.63, 3.8) is 0 Å². The molecule has 1 atom stereocenters. The van der Waals surface area contributed by atoms with Crippen molar-refractivity contribution in [2.24, 2.45) is 11.5 Å². The Bertz CT molecular complexity index is 251. The zero-order valence-electron chi connectivity index (χ0n) is 16.6. The molecular formula is C20H45N3. The molecular weight excluding hydrogens is 282 g/mol. The Hall–Kier alpha value is -0.120. The predicted octanol–water partition coefficient (Wildman–Crippen LogP) is 4.68. The van der Waals surface area contributed by atoms with Crippen LogP contribution in [0.4, 0.5) is 0 Å². The summed E-state index contributed by atoms with van der Waals surface area (Å²) in [6, 6.07) is 0.655. The van der Waals surface area contributed by atoms with E-state index < -0.39 is 0 Å². The van der Waals surface area contributed by atoms with Crippen molar-refractivity contribution in [3.8, 4) is 0 Å². The van der Waals surface area contributed by atoms with Gasteiger partial charge in [0, 0.05) is 18.1 Å². The summed E-state index contributed by atoms with van der Waals surface area (Å²) in [6.07, 6.45) is 13.9. The highest BCUT2D eigenvalue weighted by Crippen LogP contribution is 2.19. The van der Waals surface area contributed by atoms with E-state index in [0.29, 0.717) is 6.04 Å². The number of rotatable bonds is 16. The highest BCUT2D eigenvalue weighted by Gasteiger charge is 2.26. The molecule has 0 saturated heterocycles. The molecule has 3 heteroatoms. The second-order valence-corrected chi connectivity index (χ2v) is 7.44. The molecule has 0 amide bonds. The second-order valence-electron chi connectivity index (χ2n) is 7.44. The highest BCUT2D eigenvalue weighted by molar-refractivity contribution is 4.86. The molecule has 0 radical (unpaired) electrons. The van der Waals surface area contributed by atoms with Crippen LogP contribution >= 0.6 is 0 Å². The number of nitrogens with two attached hydrogens (primary N) is 2. The first-order chi connectivity index (χ1) is 11.0. The van der Waals surface area contributed by atoms with Gasteiger partial charge >= 0.3 is 0 Å². The summed E-state index contributed by atoms with van der Waals surface area (Å²) in [5.74, 6) is 0. The Labute approximate surface area is 146 Å². The summed E-state index contributed by atoms with van der Waals surface area (Å²) in [4.78, 5) is 2.67. The lowest BCUT2D eigenvalue weighted by Gasteiger charge is -2.38. The minimum atomic E-state index is -0.0189. The molecule has 0 fully saturated rings. The van der Waals surface area contributed by atoms with Crippen molar-refractivity contribution in [2.45, 2.75) is 110 Å². The van der Waals surface area contributed by atoms with Crippen LogP contribution in [0.3, 0.4) is 0 Å². The van der Waals surface area contributed by atoms with Crippen LogP contribution in [0.2, 0.25) is 0 Å². The van der Waals surface area contributed by atoms with Gasteiger partial charge in [0.25, 0.3) is 0 Å². The lowest BCUT2D eigenvalue weighted by atomic mass is 9.92. The smallest absolute Gasteiger partial charge is 0.0278 e. The number of hydrogen-bond donors (Lipinski definition) is 2. The van der Waals surface area contributed by atoms with Gasteiger partial charge in [0.2, 0.25) is 0 Å². The third-order valence-corrected chi connectivity index (χ3v) is 5.42. The Morgan fingerprint density at radius 3 is 2.04 bits per heavy atom. The molecule has 4 N–H and O–H groups in total. The zero-order valence-corrected chi connectivity index (χ0v) is 16.6. The molecule has 0 aromatic carbocycles. The highest BCUT2D eigenvalue weighted by atomic mass is 15.2. The minimum Gasteiger partial charge on any atom is -0.330 e. The van der Waals surface area contributed by atoms with E-state index in [1.165, 1.54) is 57.9 Å². The van der Waals surface area contributed by atoms with Crippen LogP contribution < -0.4 is 11.5 Å². The summed E-state index contributed by atoms with van der Waals surface area (Å²) in [6.45, 7) is 12.2. The maximum absolute atomic E-state index is 6.61. The average molecular weight is 328 g/mol. The standard InChI is InChI=1S/C20H45N3/c1-5-8-9-12-15-19(4)23(17-14-11-10-13-16-21)18-20(22,6-2)7-3/h19H,5-18,21-22H2,1-4H3. The first kappa shape index (κ1) is 22.9. The quantitative estimate of drug-likeness (QED) is 0.405. The van der Waals surface area contributed by atoms with Crippen LogP contribution in [0.5, 0.6) is 0 Å². The number of nitrogens with zero attached hydrogens (tertiary/aromatic N) is 1. The van der Waals surface area contributed by atoms with Gasteiger partial charge in [-0.25, -0.2) is 0 Å². The zero-order chi connectivity index (χ0) is 17.6. The van der Waals surface area contributed by atoms with E-state index in [4.69, 9.17) is 11.5 Å². The maximum Gasteiger partial charge on any atom is 0.0278 e. The largest absolute Gasteiger partial charge is 0.330 e. The molecule has 1 unspecified atom stereocenters. The molecule has 0 spiro atoms. The molecule has 23 heavy (non-hydrogen) atoms. The Kier molecular flexibility index (Phi) is 14.2. The number of hydrogen-bond acceptors (Lipinski definition) is 3. The molecule has 0 aliphatic rings. The third kappa shape index (κ3) is 11.1. The van der Waals surface area contributed by atoms with Gasteiger partial charge in [0.15, 0.2) is 0 Å². The molecule has 0 bridgehead atoms. The normalized spacial score (nSPS) is 13.7. The molecule has 3 nitrogen and oxygen atoms in total. The van der Waals surface area contributed by atoms with Crippen LogP contribution in [-0.4, -0.2) is 36.1 Å². The fourth-order valence-corrected chi connectivity index (χ4v) is 3.20. The van der Waals surface area contributed by atoms with Crippen molar-refractivity contribution in [3.05, 3.63) is 0 Å². The lowest BCUT2D eigenvalue weighted by molar-refractivity contribution is 0.143. The van der Waals surface area contributed by atoms with Crippen LogP contribution in [-0.2, 0) is 0 Å². The van der Waals surface area contributed by atoms with Crippen LogP contribution in [0.15, 0.2) is 0 Å². The van der Waals surface area contributed by atoms with Crippen molar-refractivity contribution >= 4 is 0 Å². The average Bonchev–Trinajstić information content (AvgIpc) is 2.57. The first-order valence-electron chi connectivity index (χ1n) is 10.3. The molecule has 0 heterocycles. The Morgan fingerprint density at radius 1 is 0.870 bits per heavy atom. The maximum atomic E-state index is 6.61. The SMILES string of the molecule is CCCCCCC(C)N(CCCCCCN)CC(N)(CC)CC. The van der Waals surface area contributed by atoms with E-state index in [9.17, 15) is 0 Å². The van der Waals surface area contributed by atoms with Crippen molar-refractivity contribution in [1.29, 1.82) is 0 Å². The molecule has 0 saturated carbocycles. The lowest BCUT2D eigenvalue weighted by Crippen LogP contribution is -2.52. The van der Waals surface area contributed by atoms with Gasteiger partial charge in [-0.1, -0.05) is 59.3 Å². The van der Waals surface area contributed by atoms with Crippen molar-refractivity contribution < 1.29 is 0 Å². The first-order valence-corrected chi connectivity index (χ1v) is 10.3. The fourth-order valence-electron chi connectivity index (χ4n) is 3.20. The molecule has 0 rings (SSSR count). The minimum absolute atomic E-state index is 0.0189. The van der Waals surface area contributed by atoms with Gasteiger partial charge < -0.3 is 11.5 Å². The summed E-state index contributed by atoms with van der Waals surface area (Å²) >= 11 is 0. The van der Waals surface area contributed by atoms with E-state index >= 15 is 0 Å². The van der Waals surface area contributed by atoms with Gasteiger partial charge in [-0.3, -0.25) is 4.90 Å². The van der Waals surface area contributed by atoms with Crippen molar-refractivity contribution in [1.82, 2.24) is 4.90 Å². The summed E-state index contributed by atoms with van der Waals surface area (Å²) in [5.41, 5.74) is 12.2. The van der Waals surface area contributed by atoms with Crippen molar-refractivity contribution in [2.75, 3.05) is 19.6 Å². The Morgan fingerprint density at radius 2 is 1.48 bits per heavy atom. The summed E-state index contributed by atoms with van der Waals surface area (Å²) in [7, 11) is 0. The fraction of sp³-hybridized carbons (Fsp3) is 1.00. The van der Waals surface area contributed by atoms with E-state index in [2.05, 4.69) is 32.6 Å². The van der Waals surface area contributed by atoms with Gasteiger partial charge in [0.1, 0.15) is 0 Å². The Balaban J connectivity index is 4.40. The van der Waals surface area contributed by atoms with Gasteiger partial charge in [0.05, 0.1) is 0 Å². The summed E-state index contributed by atoms with van der Waals surface area (Å²) < 4.78 is 0. The van der Waals surface area contributed by atoms with E-state index in [1.807, 2.05) is 0 Å². The van der Waals surface area contributed by atoms with Crippen LogP contribution in [0, 0.1) is 0 Å². The summed E-state index contributed by atoms with van der Waals surface area (Å²) in [5, 5.41) is 0. The van der Waals surface area contributed by atoms with Gasteiger partial charge in [-0.05, 0) is 52.1 Å². The molecule has 0 aliphatic carbocycles. The van der Waals surface area contributed by atoms with E-state index in [0.717, 1.165) is 32.4 Å². The molecule has 0 aromatic heterocycles. The molecule has 140 valence electrons. The monoisotopic (exact) mass is 327 g/mol. The molecule has 0 aliphatic heterocycles.